The van der Waals surface area contributed by atoms with Crippen LogP contribution in [0.2, 0.25) is 0 Å². The predicted molar refractivity (Wildman–Crippen MR) is 101 cm³/mol. The second kappa shape index (κ2) is 7.15. The Morgan fingerprint density at radius 1 is 1.03 bits per heavy atom. The van der Waals surface area contributed by atoms with Gasteiger partial charge >= 0.3 is 10.2 Å². The number of nitrogens with zero attached hydrogens (tertiary/aromatic N) is 3. The Bertz CT molecular complexity index is 1160. The highest BCUT2D eigenvalue weighted by Crippen LogP contribution is 3.02. The fraction of sp³-hybridized carbons (Fsp3) is 0.158. The highest BCUT2D eigenvalue weighted by molar-refractivity contribution is 8.45. The molecule has 0 saturated carbocycles. The van der Waals surface area contributed by atoms with Gasteiger partial charge < -0.3 is 10.1 Å². The smallest absolute Gasteiger partial charge is 0.310 e. The van der Waals surface area contributed by atoms with Gasteiger partial charge in [-0.3, -0.25) is 4.79 Å². The van der Waals surface area contributed by atoms with Crippen LogP contribution in [0.1, 0.15) is 28.4 Å². The molecule has 162 valence electrons. The summed E-state index contributed by atoms with van der Waals surface area (Å²) in [4.78, 5) is 10.1. The number of rotatable bonds is 6. The summed E-state index contributed by atoms with van der Waals surface area (Å²) >= 11 is 0. The van der Waals surface area contributed by atoms with Crippen LogP contribution in [0.3, 0.4) is 0 Å². The Balaban J connectivity index is 2.17. The topological polar surface area (TPSA) is 110 Å². The Kier molecular flexibility index (Phi) is 5.41. The van der Waals surface area contributed by atoms with Crippen LogP contribution in [0.15, 0.2) is 47.4 Å². The first-order chi connectivity index (χ1) is 14.1. The Hall–Kier alpha value is -3.82. The van der Waals surface area contributed by atoms with E-state index in [4.69, 9.17) is 15.3 Å². The van der Waals surface area contributed by atoms with Gasteiger partial charge in [0.2, 0.25) is 0 Å². The summed E-state index contributed by atoms with van der Waals surface area (Å²) in [6.45, 7) is 0.795. The third-order valence-electron chi connectivity index (χ3n) is 3.94. The SMILES string of the molecule is CC(C#N)(COc1ccc(C#N)cc1C#N)NC(=O)c1ccc(S(F)(F)(F)(F)F)cc1. The number of ether oxygens (including phenoxy) is 1. The van der Waals surface area contributed by atoms with E-state index < -0.39 is 33.2 Å². The van der Waals surface area contributed by atoms with E-state index in [-0.39, 0.29) is 34.6 Å². The maximum Gasteiger partial charge on any atom is 0.310 e. The van der Waals surface area contributed by atoms with Crippen molar-refractivity contribution in [2.45, 2.75) is 17.4 Å². The molecule has 12 heteroatoms. The van der Waals surface area contributed by atoms with E-state index >= 15 is 0 Å². The van der Waals surface area contributed by atoms with Gasteiger partial charge in [0.25, 0.3) is 5.91 Å². The van der Waals surface area contributed by atoms with Crippen LogP contribution in [0.25, 0.3) is 0 Å². The van der Waals surface area contributed by atoms with Crippen LogP contribution in [-0.4, -0.2) is 18.1 Å². The maximum atomic E-state index is 12.8. The zero-order valence-electron chi connectivity index (χ0n) is 15.7. The van der Waals surface area contributed by atoms with Crippen molar-refractivity contribution in [1.29, 1.82) is 15.8 Å². The Morgan fingerprint density at radius 3 is 2.13 bits per heavy atom. The van der Waals surface area contributed by atoms with Gasteiger partial charge in [0.05, 0.1) is 23.3 Å². The molecule has 0 heterocycles. The minimum Gasteiger partial charge on any atom is -0.489 e. The zero-order chi connectivity index (χ0) is 23.6. The van der Waals surface area contributed by atoms with Crippen molar-refractivity contribution >= 4 is 16.1 Å². The summed E-state index contributed by atoms with van der Waals surface area (Å²) in [5, 5.41) is 29.6. The normalized spacial score (nSPS) is 15.1. The zero-order valence-corrected chi connectivity index (χ0v) is 16.5. The van der Waals surface area contributed by atoms with Gasteiger partial charge in [-0.2, -0.15) is 15.8 Å². The van der Waals surface area contributed by atoms with Crippen molar-refractivity contribution in [2.75, 3.05) is 6.61 Å². The van der Waals surface area contributed by atoms with E-state index in [0.717, 1.165) is 0 Å². The number of halogens is 5. The van der Waals surface area contributed by atoms with E-state index in [1.54, 1.807) is 6.07 Å². The standard InChI is InChI=1S/C19H13F5N4O2S/c1-19(11-27,12-30-17-7-2-13(9-25)8-15(17)10-26)28-18(29)14-3-5-16(6-4-14)31(20,21,22,23)24/h2-8H,12H2,1H3,(H,28,29). The van der Waals surface area contributed by atoms with E-state index in [9.17, 15) is 29.5 Å². The number of benzene rings is 2. The predicted octanol–water partition coefficient (Wildman–Crippen LogP) is 5.18. The number of carbonyl (C=O) groups excluding carboxylic acids is 1. The van der Waals surface area contributed by atoms with Crippen molar-refractivity contribution in [3.63, 3.8) is 0 Å². The van der Waals surface area contributed by atoms with E-state index in [0.29, 0.717) is 12.1 Å². The summed E-state index contributed by atoms with van der Waals surface area (Å²) in [5.74, 6) is -0.959. The van der Waals surface area contributed by atoms with Crippen LogP contribution in [0.5, 0.6) is 5.75 Å². The van der Waals surface area contributed by atoms with Crippen LogP contribution in [-0.2, 0) is 0 Å². The largest absolute Gasteiger partial charge is 0.489 e. The van der Waals surface area contributed by atoms with E-state index in [1.165, 1.54) is 25.1 Å². The maximum absolute atomic E-state index is 12.8. The highest BCUT2D eigenvalue weighted by Gasteiger charge is 2.65. The molecular weight excluding hydrogens is 443 g/mol. The second-order valence-corrected chi connectivity index (χ2v) is 9.02. The van der Waals surface area contributed by atoms with Crippen LogP contribution < -0.4 is 10.1 Å². The van der Waals surface area contributed by atoms with E-state index in [2.05, 4.69) is 5.32 Å². The van der Waals surface area contributed by atoms with Crippen LogP contribution >= 0.6 is 10.2 Å². The lowest BCUT2D eigenvalue weighted by atomic mass is 10.0. The molecule has 0 fully saturated rings. The molecule has 1 atom stereocenters. The molecule has 0 aliphatic carbocycles. The fourth-order valence-corrected chi connectivity index (χ4v) is 2.97. The first-order valence-corrected chi connectivity index (χ1v) is 10.2. The van der Waals surface area contributed by atoms with Crippen LogP contribution in [0.4, 0.5) is 19.4 Å². The lowest BCUT2D eigenvalue weighted by Gasteiger charge is -2.40. The number of carbonyl (C=O) groups is 1. The molecule has 31 heavy (non-hydrogen) atoms. The van der Waals surface area contributed by atoms with Gasteiger partial charge in [-0.1, -0.05) is 19.4 Å². The quantitative estimate of drug-likeness (QED) is 0.603. The molecule has 0 spiro atoms. The minimum atomic E-state index is -9.87. The molecule has 1 N–H and O–H groups in total. The molecule has 0 aromatic heterocycles. The molecule has 0 saturated heterocycles. The second-order valence-electron chi connectivity index (χ2n) is 6.61. The molecule has 0 bridgehead atoms. The third kappa shape index (κ3) is 5.84. The number of nitrogens with one attached hydrogen (secondary N) is 1. The summed E-state index contributed by atoms with van der Waals surface area (Å²) in [5.41, 5.74) is -1.85. The first kappa shape index (κ1) is 23.5. The Labute approximate surface area is 173 Å². The molecule has 0 aliphatic rings. The third-order valence-corrected chi connectivity index (χ3v) is 5.11. The molecule has 6 nitrogen and oxygen atoms in total. The molecule has 0 radical (unpaired) electrons. The minimum absolute atomic E-state index is 0.0113. The monoisotopic (exact) mass is 456 g/mol. The summed E-state index contributed by atoms with van der Waals surface area (Å²) in [6, 6.07) is 10.7. The lowest BCUT2D eigenvalue weighted by Crippen LogP contribution is -2.49. The molecule has 2 aromatic carbocycles. The molecule has 2 rings (SSSR count). The van der Waals surface area contributed by atoms with Gasteiger partial charge in [0.1, 0.15) is 23.3 Å². The average Bonchev–Trinajstić information content (AvgIpc) is 2.70. The molecule has 2 aromatic rings. The molecule has 1 unspecified atom stereocenters. The van der Waals surface area contributed by atoms with Crippen molar-refractivity contribution in [2.24, 2.45) is 0 Å². The molecular formula is C19H13F5N4O2S. The van der Waals surface area contributed by atoms with Gasteiger partial charge in [0, 0.05) is 5.56 Å². The number of amides is 1. The van der Waals surface area contributed by atoms with Crippen LogP contribution in [0, 0.1) is 34.0 Å². The van der Waals surface area contributed by atoms with E-state index in [1.807, 2.05) is 12.1 Å². The average molecular weight is 456 g/mol. The van der Waals surface area contributed by atoms with Crippen molar-refractivity contribution in [3.8, 4) is 24.0 Å². The summed E-state index contributed by atoms with van der Waals surface area (Å²) in [6.07, 6.45) is 0. The number of hydrogen-bond donors (Lipinski definition) is 1. The lowest BCUT2D eigenvalue weighted by molar-refractivity contribution is 0.0901. The Morgan fingerprint density at radius 2 is 1.65 bits per heavy atom. The number of nitriles is 3. The summed E-state index contributed by atoms with van der Waals surface area (Å²) in [7, 11) is -9.87. The van der Waals surface area contributed by atoms with Gasteiger partial charge in [0.15, 0.2) is 5.54 Å². The number of hydrogen-bond acceptors (Lipinski definition) is 5. The molecule has 0 aliphatic heterocycles. The first-order valence-electron chi connectivity index (χ1n) is 8.26. The van der Waals surface area contributed by atoms with Crippen molar-refractivity contribution in [3.05, 3.63) is 59.2 Å². The van der Waals surface area contributed by atoms with Gasteiger partial charge in [-0.15, -0.1) is 0 Å². The van der Waals surface area contributed by atoms with Gasteiger partial charge in [-0.05, 0) is 49.4 Å². The highest BCUT2D eigenvalue weighted by atomic mass is 32.5. The fourth-order valence-electron chi connectivity index (χ4n) is 2.32. The van der Waals surface area contributed by atoms with Gasteiger partial charge in [-0.25, -0.2) is 0 Å². The van der Waals surface area contributed by atoms with Crippen molar-refractivity contribution < 1.29 is 29.0 Å². The molecule has 1 amide bonds. The summed E-state index contributed by atoms with van der Waals surface area (Å²) < 4.78 is 69.3. The van der Waals surface area contributed by atoms with Crippen molar-refractivity contribution in [1.82, 2.24) is 5.32 Å².